The quantitative estimate of drug-likeness (QED) is 0.840. The number of hydrogen-bond acceptors (Lipinski definition) is 3. The SMILES string of the molecule is CCOc1ccc(OC)cc1C(=O)O.[Zn]. The molecule has 0 unspecified atom stereocenters. The van der Waals surface area contributed by atoms with Crippen molar-refractivity contribution in [2.45, 2.75) is 6.92 Å². The predicted molar refractivity (Wildman–Crippen MR) is 51.1 cm³/mol. The van der Waals surface area contributed by atoms with E-state index < -0.39 is 5.97 Å². The van der Waals surface area contributed by atoms with Crippen LogP contribution in [0.25, 0.3) is 0 Å². The van der Waals surface area contributed by atoms with E-state index in [2.05, 4.69) is 0 Å². The molecular formula is C10H12O4Zn. The second-order valence-corrected chi connectivity index (χ2v) is 2.60. The topological polar surface area (TPSA) is 55.8 Å². The number of rotatable bonds is 4. The molecule has 0 fully saturated rings. The van der Waals surface area contributed by atoms with Gasteiger partial charge in [0.15, 0.2) is 0 Å². The van der Waals surface area contributed by atoms with Gasteiger partial charge >= 0.3 is 5.97 Å². The van der Waals surface area contributed by atoms with Gasteiger partial charge in [0.05, 0.1) is 13.7 Å². The molecule has 0 saturated carbocycles. The average molecular weight is 262 g/mol. The number of carbonyl (C=O) groups is 1. The summed E-state index contributed by atoms with van der Waals surface area (Å²) in [5.74, 6) is -0.154. The third-order valence-electron chi connectivity index (χ3n) is 1.72. The number of ether oxygens (including phenoxy) is 2. The summed E-state index contributed by atoms with van der Waals surface area (Å²) < 4.78 is 10.1. The van der Waals surface area contributed by atoms with Gasteiger partial charge in [-0.3, -0.25) is 0 Å². The van der Waals surface area contributed by atoms with Crippen LogP contribution in [0.4, 0.5) is 0 Å². The fourth-order valence-electron chi connectivity index (χ4n) is 1.08. The molecule has 0 aliphatic rings. The van der Waals surface area contributed by atoms with Crippen molar-refractivity contribution in [2.24, 2.45) is 0 Å². The molecule has 1 aromatic rings. The maximum atomic E-state index is 10.8. The van der Waals surface area contributed by atoms with Crippen LogP contribution in [0.5, 0.6) is 11.5 Å². The monoisotopic (exact) mass is 260 g/mol. The van der Waals surface area contributed by atoms with Gasteiger partial charge in [-0.1, -0.05) is 0 Å². The van der Waals surface area contributed by atoms with E-state index in [-0.39, 0.29) is 25.0 Å². The van der Waals surface area contributed by atoms with E-state index in [0.29, 0.717) is 18.1 Å². The number of aromatic carboxylic acids is 1. The molecule has 15 heavy (non-hydrogen) atoms. The van der Waals surface area contributed by atoms with Gasteiger partial charge in [0, 0.05) is 19.5 Å². The first-order valence-electron chi connectivity index (χ1n) is 4.23. The van der Waals surface area contributed by atoms with Crippen LogP contribution in [-0.4, -0.2) is 24.8 Å². The molecule has 0 aliphatic heterocycles. The van der Waals surface area contributed by atoms with Crippen LogP contribution >= 0.6 is 0 Å². The molecule has 0 aliphatic carbocycles. The summed E-state index contributed by atoms with van der Waals surface area (Å²) in [4.78, 5) is 10.8. The summed E-state index contributed by atoms with van der Waals surface area (Å²) in [5, 5.41) is 8.88. The van der Waals surface area contributed by atoms with Gasteiger partial charge in [-0.2, -0.15) is 0 Å². The summed E-state index contributed by atoms with van der Waals surface area (Å²) in [6, 6.07) is 4.69. The number of carboxylic acid groups (broad SMARTS) is 1. The fraction of sp³-hybridized carbons (Fsp3) is 0.300. The van der Waals surface area contributed by atoms with Crippen LogP contribution in [0.3, 0.4) is 0 Å². The molecule has 0 atom stereocenters. The van der Waals surface area contributed by atoms with Crippen LogP contribution < -0.4 is 9.47 Å². The van der Waals surface area contributed by atoms with E-state index in [1.54, 1.807) is 19.1 Å². The Morgan fingerprint density at radius 2 is 2.13 bits per heavy atom. The summed E-state index contributed by atoms with van der Waals surface area (Å²) in [7, 11) is 1.49. The number of hydrogen-bond donors (Lipinski definition) is 1. The minimum atomic E-state index is -1.02. The van der Waals surface area contributed by atoms with Crippen molar-refractivity contribution in [1.82, 2.24) is 0 Å². The van der Waals surface area contributed by atoms with E-state index in [0.717, 1.165) is 0 Å². The van der Waals surface area contributed by atoms with E-state index in [1.165, 1.54) is 13.2 Å². The normalized spacial score (nSPS) is 8.93. The Morgan fingerprint density at radius 3 is 2.60 bits per heavy atom. The second-order valence-electron chi connectivity index (χ2n) is 2.60. The van der Waals surface area contributed by atoms with Gasteiger partial charge in [0.2, 0.25) is 0 Å². The molecule has 78 valence electrons. The third kappa shape index (κ3) is 3.52. The molecule has 1 rings (SSSR count). The van der Waals surface area contributed by atoms with Crippen molar-refractivity contribution in [3.05, 3.63) is 23.8 Å². The molecule has 0 aromatic heterocycles. The van der Waals surface area contributed by atoms with Crippen LogP contribution in [-0.2, 0) is 19.5 Å². The molecule has 0 radical (unpaired) electrons. The molecule has 1 N–H and O–H groups in total. The molecule has 0 bridgehead atoms. The minimum absolute atomic E-state index is 0. The van der Waals surface area contributed by atoms with Crippen molar-refractivity contribution in [3.8, 4) is 11.5 Å². The first-order valence-corrected chi connectivity index (χ1v) is 4.23. The molecule has 0 amide bonds. The predicted octanol–water partition coefficient (Wildman–Crippen LogP) is 1.79. The molecular weight excluding hydrogens is 249 g/mol. The van der Waals surface area contributed by atoms with E-state index in [1.807, 2.05) is 0 Å². The minimum Gasteiger partial charge on any atom is -0.497 e. The first kappa shape index (κ1) is 13.9. The Hall–Kier alpha value is -1.09. The van der Waals surface area contributed by atoms with Crippen molar-refractivity contribution in [3.63, 3.8) is 0 Å². The van der Waals surface area contributed by atoms with Crippen LogP contribution in [0.2, 0.25) is 0 Å². The summed E-state index contributed by atoms with van der Waals surface area (Å²) >= 11 is 0. The van der Waals surface area contributed by atoms with Gasteiger partial charge in [-0.25, -0.2) is 4.79 Å². The van der Waals surface area contributed by atoms with Crippen LogP contribution in [0.1, 0.15) is 17.3 Å². The Labute approximate surface area is 101 Å². The van der Waals surface area contributed by atoms with Gasteiger partial charge in [-0.05, 0) is 25.1 Å². The van der Waals surface area contributed by atoms with Crippen molar-refractivity contribution < 1.29 is 38.9 Å². The largest absolute Gasteiger partial charge is 0.497 e. The Balaban J connectivity index is 0.00000196. The van der Waals surface area contributed by atoms with Gasteiger partial charge in [0.1, 0.15) is 17.1 Å². The smallest absolute Gasteiger partial charge is 0.339 e. The van der Waals surface area contributed by atoms with E-state index in [4.69, 9.17) is 14.6 Å². The van der Waals surface area contributed by atoms with Gasteiger partial charge in [-0.15, -0.1) is 0 Å². The van der Waals surface area contributed by atoms with Crippen molar-refractivity contribution in [2.75, 3.05) is 13.7 Å². The van der Waals surface area contributed by atoms with Crippen LogP contribution in [0.15, 0.2) is 18.2 Å². The molecule has 0 spiro atoms. The van der Waals surface area contributed by atoms with Crippen molar-refractivity contribution in [1.29, 1.82) is 0 Å². The van der Waals surface area contributed by atoms with Gasteiger partial charge in [0.25, 0.3) is 0 Å². The van der Waals surface area contributed by atoms with E-state index in [9.17, 15) is 4.79 Å². The summed E-state index contributed by atoms with van der Waals surface area (Å²) in [6.07, 6.45) is 0. The Kier molecular flexibility index (Phi) is 5.94. The number of benzene rings is 1. The molecule has 4 nitrogen and oxygen atoms in total. The second kappa shape index (κ2) is 6.41. The van der Waals surface area contributed by atoms with E-state index >= 15 is 0 Å². The van der Waals surface area contributed by atoms with Gasteiger partial charge < -0.3 is 14.6 Å². The number of methoxy groups -OCH3 is 1. The standard InChI is InChI=1S/C10H12O4.Zn/c1-3-14-9-5-4-7(13-2)6-8(9)10(11)12;/h4-6H,3H2,1-2H3,(H,11,12);. The first-order chi connectivity index (χ1) is 6.69. The summed E-state index contributed by atoms with van der Waals surface area (Å²) in [6.45, 7) is 2.24. The molecule has 0 heterocycles. The van der Waals surface area contributed by atoms with Crippen LogP contribution in [0, 0.1) is 0 Å². The zero-order chi connectivity index (χ0) is 10.6. The average Bonchev–Trinajstić information content (AvgIpc) is 2.18. The summed E-state index contributed by atoms with van der Waals surface area (Å²) in [5.41, 5.74) is 0.117. The Morgan fingerprint density at radius 1 is 1.47 bits per heavy atom. The fourth-order valence-corrected chi connectivity index (χ4v) is 1.08. The van der Waals surface area contributed by atoms with Crippen molar-refractivity contribution >= 4 is 5.97 Å². The molecule has 0 saturated heterocycles. The zero-order valence-electron chi connectivity index (χ0n) is 8.82. The maximum absolute atomic E-state index is 10.8. The number of carboxylic acids is 1. The third-order valence-corrected chi connectivity index (χ3v) is 1.72. The molecule has 1 aromatic carbocycles. The zero-order valence-corrected chi connectivity index (χ0v) is 11.8. The Bertz CT molecular complexity index is 338. The maximum Gasteiger partial charge on any atom is 0.339 e. The molecule has 5 heteroatoms.